The second kappa shape index (κ2) is 8.40. The van der Waals surface area contributed by atoms with Crippen molar-refractivity contribution in [1.82, 2.24) is 15.3 Å². The summed E-state index contributed by atoms with van der Waals surface area (Å²) in [6, 6.07) is 14.3. The van der Waals surface area contributed by atoms with Crippen molar-refractivity contribution >= 4 is 71.9 Å². The van der Waals surface area contributed by atoms with Gasteiger partial charge >= 0.3 is 0 Å². The lowest BCUT2D eigenvalue weighted by atomic mass is 10.2. The Labute approximate surface area is 188 Å². The van der Waals surface area contributed by atoms with Crippen LogP contribution in [0.15, 0.2) is 74.3 Å². The molecule has 4 aromatic rings. The van der Waals surface area contributed by atoms with Crippen LogP contribution in [0.25, 0.3) is 22.6 Å². The maximum absolute atomic E-state index is 12.3. The van der Waals surface area contributed by atoms with Crippen LogP contribution in [0.1, 0.15) is 10.4 Å². The Kier molecular flexibility index (Phi) is 5.70. The normalized spacial score (nSPS) is 10.7. The molecule has 0 aliphatic rings. The van der Waals surface area contributed by atoms with Gasteiger partial charge in [-0.05, 0) is 76.7 Å². The van der Waals surface area contributed by atoms with Gasteiger partial charge in [0.1, 0.15) is 5.52 Å². The summed E-state index contributed by atoms with van der Waals surface area (Å²) in [5.74, 6) is 0.180. The highest BCUT2D eigenvalue weighted by Gasteiger charge is 2.11. The molecule has 2 heterocycles. The number of nitrogens with zero attached hydrogens (tertiary/aromatic N) is 2. The van der Waals surface area contributed by atoms with Gasteiger partial charge in [-0.3, -0.25) is 15.1 Å². The summed E-state index contributed by atoms with van der Waals surface area (Å²) in [7, 11) is 0. The zero-order valence-corrected chi connectivity index (χ0v) is 18.6. The van der Waals surface area contributed by atoms with Crippen LogP contribution in [-0.2, 0) is 0 Å². The summed E-state index contributed by atoms with van der Waals surface area (Å²) in [6.45, 7) is 0. The van der Waals surface area contributed by atoms with E-state index in [1.165, 1.54) is 0 Å². The largest absolute Gasteiger partial charge is 0.436 e. The lowest BCUT2D eigenvalue weighted by Crippen LogP contribution is -2.34. The lowest BCUT2D eigenvalue weighted by Gasteiger charge is -2.09. The van der Waals surface area contributed by atoms with Gasteiger partial charge in [0.15, 0.2) is 10.7 Å². The average molecular weight is 532 g/mol. The molecule has 0 saturated carbocycles. The molecule has 2 aromatic carbocycles. The van der Waals surface area contributed by atoms with E-state index in [4.69, 9.17) is 16.6 Å². The van der Waals surface area contributed by atoms with Crippen LogP contribution in [0, 0.1) is 0 Å². The van der Waals surface area contributed by atoms with E-state index in [0.717, 1.165) is 14.5 Å². The van der Waals surface area contributed by atoms with E-state index in [9.17, 15) is 4.79 Å². The molecule has 0 spiro atoms. The highest BCUT2D eigenvalue weighted by Crippen LogP contribution is 2.27. The molecule has 0 saturated heterocycles. The number of hydrogen-bond acceptors (Lipinski definition) is 5. The van der Waals surface area contributed by atoms with E-state index in [1.54, 1.807) is 54.9 Å². The Balaban J connectivity index is 1.48. The number of aromatic nitrogens is 2. The molecular formula is C20H12Br2N4O2S. The van der Waals surface area contributed by atoms with Gasteiger partial charge in [-0.15, -0.1) is 0 Å². The number of rotatable bonds is 3. The Morgan fingerprint density at radius 3 is 2.55 bits per heavy atom. The number of oxazole rings is 1. The number of thiocarbonyl (C=S) groups is 1. The zero-order valence-electron chi connectivity index (χ0n) is 14.6. The number of amides is 1. The summed E-state index contributed by atoms with van der Waals surface area (Å²) in [5.41, 5.74) is 3.26. The van der Waals surface area contributed by atoms with Gasteiger partial charge in [0.05, 0.1) is 5.56 Å². The van der Waals surface area contributed by atoms with Crippen LogP contribution < -0.4 is 10.6 Å². The molecule has 0 bridgehead atoms. The summed E-state index contributed by atoms with van der Waals surface area (Å²) >= 11 is 12.0. The minimum Gasteiger partial charge on any atom is -0.436 e. The molecular weight excluding hydrogens is 520 g/mol. The Morgan fingerprint density at radius 2 is 1.79 bits per heavy atom. The number of hydrogen-bond donors (Lipinski definition) is 2. The van der Waals surface area contributed by atoms with Crippen molar-refractivity contribution in [2.75, 3.05) is 5.32 Å². The first-order valence-corrected chi connectivity index (χ1v) is 10.4. The first-order valence-electron chi connectivity index (χ1n) is 8.37. The molecule has 2 aromatic heterocycles. The molecule has 6 nitrogen and oxygen atoms in total. The van der Waals surface area contributed by atoms with Crippen molar-refractivity contribution in [3.8, 4) is 11.5 Å². The van der Waals surface area contributed by atoms with Crippen molar-refractivity contribution in [2.24, 2.45) is 0 Å². The summed E-state index contributed by atoms with van der Waals surface area (Å²) < 4.78 is 7.53. The Hall–Kier alpha value is -2.62. The van der Waals surface area contributed by atoms with Crippen LogP contribution in [-0.4, -0.2) is 21.0 Å². The van der Waals surface area contributed by atoms with Gasteiger partial charge in [0, 0.05) is 32.6 Å². The van der Waals surface area contributed by atoms with Crippen LogP contribution in [0.3, 0.4) is 0 Å². The zero-order chi connectivity index (χ0) is 20.4. The van der Waals surface area contributed by atoms with Gasteiger partial charge in [-0.25, -0.2) is 4.98 Å². The molecule has 0 aliphatic carbocycles. The fourth-order valence-electron chi connectivity index (χ4n) is 2.60. The number of halogens is 2. The van der Waals surface area contributed by atoms with Crippen LogP contribution in [0.5, 0.6) is 0 Å². The van der Waals surface area contributed by atoms with E-state index >= 15 is 0 Å². The third-order valence-corrected chi connectivity index (χ3v) is 5.10. The fourth-order valence-corrected chi connectivity index (χ4v) is 3.44. The molecule has 9 heteroatoms. The molecule has 0 unspecified atom stereocenters. The summed E-state index contributed by atoms with van der Waals surface area (Å²) in [5, 5.41) is 5.84. The molecule has 4 rings (SSSR count). The van der Waals surface area contributed by atoms with E-state index in [2.05, 4.69) is 52.5 Å². The smallest absolute Gasteiger partial charge is 0.257 e. The number of carbonyl (C=O) groups is 1. The quantitative estimate of drug-likeness (QED) is 0.338. The number of fused-ring (bicyclic) bond motifs is 1. The predicted octanol–water partition coefficient (Wildman–Crippen LogP) is 5.54. The minimum atomic E-state index is -0.290. The molecule has 29 heavy (non-hydrogen) atoms. The Bertz CT molecular complexity index is 1220. The van der Waals surface area contributed by atoms with Gasteiger partial charge < -0.3 is 9.73 Å². The first kappa shape index (κ1) is 19.7. The maximum Gasteiger partial charge on any atom is 0.257 e. The number of nitrogens with one attached hydrogen (secondary N) is 2. The molecule has 0 aliphatic heterocycles. The Morgan fingerprint density at radius 1 is 1.00 bits per heavy atom. The molecule has 0 atom stereocenters. The standard InChI is InChI=1S/C20H12Br2N4O2S/c21-13-3-1-11(2-4-13)18(27)26-20(29)24-15-5-6-17-16(8-15)25-19(28-17)12-7-14(22)10-23-9-12/h1-10H,(H2,24,26,27,29). The topological polar surface area (TPSA) is 80.0 Å². The van der Waals surface area contributed by atoms with Crippen molar-refractivity contribution in [3.63, 3.8) is 0 Å². The first-order chi connectivity index (χ1) is 14.0. The monoisotopic (exact) mass is 530 g/mol. The average Bonchev–Trinajstić information content (AvgIpc) is 3.12. The lowest BCUT2D eigenvalue weighted by molar-refractivity contribution is 0.0977. The third kappa shape index (κ3) is 4.69. The van der Waals surface area contributed by atoms with Crippen LogP contribution in [0.4, 0.5) is 5.69 Å². The van der Waals surface area contributed by atoms with Crippen LogP contribution in [0.2, 0.25) is 0 Å². The van der Waals surface area contributed by atoms with Gasteiger partial charge in [0.2, 0.25) is 5.89 Å². The minimum absolute atomic E-state index is 0.192. The van der Waals surface area contributed by atoms with Crippen molar-refractivity contribution < 1.29 is 9.21 Å². The number of benzene rings is 2. The highest BCUT2D eigenvalue weighted by atomic mass is 79.9. The predicted molar refractivity (Wildman–Crippen MR) is 123 cm³/mol. The van der Waals surface area contributed by atoms with E-state index in [-0.39, 0.29) is 11.0 Å². The molecule has 2 N–H and O–H groups in total. The highest BCUT2D eigenvalue weighted by molar-refractivity contribution is 9.10. The second-order valence-corrected chi connectivity index (χ2v) is 8.25. The molecule has 0 fully saturated rings. The number of anilines is 1. The van der Waals surface area contributed by atoms with E-state index in [1.807, 2.05) is 6.07 Å². The molecule has 0 radical (unpaired) electrons. The van der Waals surface area contributed by atoms with E-state index in [0.29, 0.717) is 28.2 Å². The third-order valence-electron chi connectivity index (χ3n) is 3.93. The van der Waals surface area contributed by atoms with Gasteiger partial charge in [-0.1, -0.05) is 15.9 Å². The molecule has 144 valence electrons. The van der Waals surface area contributed by atoms with Crippen molar-refractivity contribution in [2.45, 2.75) is 0 Å². The molecule has 1 amide bonds. The van der Waals surface area contributed by atoms with Crippen molar-refractivity contribution in [1.29, 1.82) is 0 Å². The summed E-state index contributed by atoms with van der Waals surface area (Å²) in [4.78, 5) is 20.9. The second-order valence-electron chi connectivity index (χ2n) is 6.01. The van der Waals surface area contributed by atoms with E-state index < -0.39 is 0 Å². The SMILES string of the molecule is O=C(NC(=S)Nc1ccc2oc(-c3cncc(Br)c3)nc2c1)c1ccc(Br)cc1. The van der Waals surface area contributed by atoms with Gasteiger partial charge in [-0.2, -0.15) is 0 Å². The van der Waals surface area contributed by atoms with Crippen molar-refractivity contribution in [3.05, 3.63) is 75.4 Å². The number of pyridine rings is 1. The maximum atomic E-state index is 12.3. The van der Waals surface area contributed by atoms with Gasteiger partial charge in [0.25, 0.3) is 5.91 Å². The van der Waals surface area contributed by atoms with Crippen LogP contribution >= 0.6 is 44.1 Å². The summed E-state index contributed by atoms with van der Waals surface area (Å²) in [6.07, 6.45) is 3.37. The number of carbonyl (C=O) groups excluding carboxylic acids is 1. The fraction of sp³-hybridized carbons (Fsp3) is 0.